The highest BCUT2D eigenvalue weighted by atomic mass is 19.1. The van der Waals surface area contributed by atoms with Crippen LogP contribution in [0.3, 0.4) is 0 Å². The molecule has 1 N–H and O–H groups in total. The van der Waals surface area contributed by atoms with Crippen LogP contribution in [0.4, 0.5) is 4.39 Å². The van der Waals surface area contributed by atoms with E-state index in [0.717, 1.165) is 0 Å². The molecule has 0 aromatic rings. The summed E-state index contributed by atoms with van der Waals surface area (Å²) in [5.41, 5.74) is -1.05. The topological polar surface area (TPSA) is 46.2 Å². The minimum atomic E-state index is -0.662. The molecule has 14 heavy (non-hydrogen) atoms. The molecular formula is C10H18FNO2. The molecule has 0 saturated carbocycles. The highest BCUT2D eigenvalue weighted by Gasteiger charge is 2.29. The van der Waals surface area contributed by atoms with Gasteiger partial charge in [0.25, 0.3) is 5.91 Å². The Labute approximate surface area is 84.1 Å². The van der Waals surface area contributed by atoms with Gasteiger partial charge < -0.3 is 5.32 Å². The van der Waals surface area contributed by atoms with E-state index >= 15 is 0 Å². The molecule has 0 heterocycles. The fourth-order valence-corrected chi connectivity index (χ4v) is 1.65. The third-order valence-corrected chi connectivity index (χ3v) is 1.85. The van der Waals surface area contributed by atoms with Gasteiger partial charge in [0.15, 0.2) is 0 Å². The largest absolute Gasteiger partial charge is 0.345 e. The Balaban J connectivity index is 4.33. The maximum Gasteiger partial charge on any atom is 0.284 e. The number of carbonyl (C=O) groups is 2. The molecule has 0 bridgehead atoms. The molecule has 0 aliphatic rings. The van der Waals surface area contributed by atoms with Crippen LogP contribution in [0.5, 0.6) is 0 Å². The van der Waals surface area contributed by atoms with E-state index in [4.69, 9.17) is 0 Å². The van der Waals surface area contributed by atoms with Gasteiger partial charge in [-0.25, -0.2) is 0 Å². The van der Waals surface area contributed by atoms with Crippen LogP contribution in [0, 0.1) is 5.41 Å². The third-order valence-electron chi connectivity index (χ3n) is 1.85. The number of carbonyl (C=O) groups excluding carboxylic acids is 2. The Morgan fingerprint density at radius 3 is 2.21 bits per heavy atom. The second-order valence-electron chi connectivity index (χ2n) is 4.97. The molecule has 82 valence electrons. The van der Waals surface area contributed by atoms with E-state index in [1.807, 2.05) is 0 Å². The van der Waals surface area contributed by atoms with E-state index in [2.05, 4.69) is 5.32 Å². The molecule has 0 saturated heterocycles. The number of amides is 1. The lowest BCUT2D eigenvalue weighted by Gasteiger charge is -2.33. The molecule has 0 atom stereocenters. The van der Waals surface area contributed by atoms with Crippen LogP contribution < -0.4 is 5.32 Å². The van der Waals surface area contributed by atoms with Crippen molar-refractivity contribution in [2.75, 3.05) is 6.67 Å². The zero-order valence-electron chi connectivity index (χ0n) is 9.19. The number of alkyl halides is 1. The predicted octanol–water partition coefficient (Wildman–Crippen LogP) is 1.47. The molecule has 0 spiro atoms. The van der Waals surface area contributed by atoms with Gasteiger partial charge in [0.05, 0.1) is 6.67 Å². The highest BCUT2D eigenvalue weighted by Crippen LogP contribution is 2.27. The lowest BCUT2D eigenvalue weighted by molar-refractivity contribution is -0.132. The van der Waals surface area contributed by atoms with E-state index in [1.165, 1.54) is 0 Å². The molecule has 1 amide bonds. The summed E-state index contributed by atoms with van der Waals surface area (Å²) in [4.78, 5) is 21.0. The number of nitrogens with one attached hydrogen (secondary N) is 1. The van der Waals surface area contributed by atoms with E-state index in [9.17, 15) is 14.0 Å². The van der Waals surface area contributed by atoms with Crippen molar-refractivity contribution in [2.45, 2.75) is 39.7 Å². The van der Waals surface area contributed by atoms with Crippen molar-refractivity contribution in [2.24, 2.45) is 5.41 Å². The molecular weight excluding hydrogens is 185 g/mol. The van der Waals surface area contributed by atoms with Crippen molar-refractivity contribution in [3.05, 3.63) is 0 Å². The zero-order valence-corrected chi connectivity index (χ0v) is 9.19. The Hall–Kier alpha value is -0.930. The highest BCUT2D eigenvalue weighted by molar-refractivity contribution is 6.23. The van der Waals surface area contributed by atoms with Crippen LogP contribution in [-0.4, -0.2) is 24.4 Å². The molecule has 0 aliphatic carbocycles. The summed E-state index contributed by atoms with van der Waals surface area (Å²) in [6, 6.07) is 0. The fraction of sp³-hybridized carbons (Fsp3) is 0.800. The van der Waals surface area contributed by atoms with Crippen LogP contribution >= 0.6 is 0 Å². The van der Waals surface area contributed by atoms with Crippen LogP contribution in [-0.2, 0) is 9.59 Å². The number of aldehydes is 1. The molecule has 0 fully saturated rings. The summed E-state index contributed by atoms with van der Waals surface area (Å²) in [5, 5.41) is 2.52. The van der Waals surface area contributed by atoms with Gasteiger partial charge in [-0.1, -0.05) is 13.8 Å². The first-order valence-electron chi connectivity index (χ1n) is 4.56. The fourth-order valence-electron chi connectivity index (χ4n) is 1.65. The van der Waals surface area contributed by atoms with Crippen molar-refractivity contribution in [1.29, 1.82) is 0 Å². The van der Waals surface area contributed by atoms with Crippen molar-refractivity contribution >= 4 is 12.2 Å². The molecule has 3 nitrogen and oxygen atoms in total. The van der Waals surface area contributed by atoms with E-state index in [0.29, 0.717) is 6.42 Å². The number of halogens is 1. The third kappa shape index (κ3) is 4.94. The second kappa shape index (κ2) is 4.53. The average molecular weight is 203 g/mol. The Kier molecular flexibility index (Phi) is 4.23. The van der Waals surface area contributed by atoms with E-state index in [-0.39, 0.29) is 6.29 Å². The molecule has 0 rings (SSSR count). The normalized spacial score (nSPS) is 12.4. The SMILES string of the molecule is CC(C)(CF)CC(C)(C)NC(=O)C=O. The molecule has 0 aromatic carbocycles. The number of hydrogen-bond acceptors (Lipinski definition) is 2. The first kappa shape index (κ1) is 13.1. The van der Waals surface area contributed by atoms with Crippen LogP contribution in [0.25, 0.3) is 0 Å². The average Bonchev–Trinajstić information content (AvgIpc) is 2.01. The van der Waals surface area contributed by atoms with Gasteiger partial charge >= 0.3 is 0 Å². The minimum Gasteiger partial charge on any atom is -0.345 e. The summed E-state index contributed by atoms with van der Waals surface area (Å²) >= 11 is 0. The minimum absolute atomic E-state index is 0.226. The van der Waals surface area contributed by atoms with E-state index < -0.39 is 23.5 Å². The Morgan fingerprint density at radius 2 is 1.86 bits per heavy atom. The monoisotopic (exact) mass is 203 g/mol. The summed E-state index contributed by atoms with van der Waals surface area (Å²) in [5.74, 6) is -0.662. The maximum atomic E-state index is 12.5. The molecule has 0 aromatic heterocycles. The standard InChI is InChI=1S/C10H18FNO2/c1-9(2,7-11)6-10(3,4)12-8(14)5-13/h5H,6-7H2,1-4H3,(H,12,14). The first-order chi connectivity index (χ1) is 6.22. The van der Waals surface area contributed by atoms with Gasteiger partial charge in [-0.15, -0.1) is 0 Å². The summed E-state index contributed by atoms with van der Waals surface area (Å²) in [7, 11) is 0. The Morgan fingerprint density at radius 1 is 1.36 bits per heavy atom. The maximum absolute atomic E-state index is 12.5. The smallest absolute Gasteiger partial charge is 0.284 e. The summed E-state index contributed by atoms with van der Waals surface area (Å²) in [6.07, 6.45) is 0.709. The summed E-state index contributed by atoms with van der Waals surface area (Å²) in [6.45, 7) is 6.65. The molecule has 0 radical (unpaired) electrons. The lowest BCUT2D eigenvalue weighted by atomic mass is 9.81. The number of hydrogen-bond donors (Lipinski definition) is 1. The first-order valence-corrected chi connectivity index (χ1v) is 4.56. The van der Waals surface area contributed by atoms with Crippen LogP contribution in [0.1, 0.15) is 34.1 Å². The second-order valence-corrected chi connectivity index (χ2v) is 4.97. The van der Waals surface area contributed by atoms with Gasteiger partial charge in [0.2, 0.25) is 6.29 Å². The van der Waals surface area contributed by atoms with E-state index in [1.54, 1.807) is 27.7 Å². The molecule has 0 aliphatic heterocycles. The van der Waals surface area contributed by atoms with Crippen LogP contribution in [0.2, 0.25) is 0 Å². The molecule has 4 heteroatoms. The van der Waals surface area contributed by atoms with Gasteiger partial charge in [-0.3, -0.25) is 14.0 Å². The summed E-state index contributed by atoms with van der Waals surface area (Å²) < 4.78 is 12.5. The lowest BCUT2D eigenvalue weighted by Crippen LogP contribution is -2.47. The van der Waals surface area contributed by atoms with Gasteiger partial charge in [0, 0.05) is 5.54 Å². The Bertz CT molecular complexity index is 224. The quantitative estimate of drug-likeness (QED) is 0.543. The molecule has 0 unspecified atom stereocenters. The van der Waals surface area contributed by atoms with Gasteiger partial charge in [-0.05, 0) is 25.7 Å². The number of rotatable bonds is 5. The van der Waals surface area contributed by atoms with Crippen LogP contribution in [0.15, 0.2) is 0 Å². The van der Waals surface area contributed by atoms with Crippen molar-refractivity contribution < 1.29 is 14.0 Å². The predicted molar refractivity (Wildman–Crippen MR) is 52.7 cm³/mol. The van der Waals surface area contributed by atoms with Crippen molar-refractivity contribution in [1.82, 2.24) is 5.32 Å². The van der Waals surface area contributed by atoms with Gasteiger partial charge in [-0.2, -0.15) is 0 Å². The zero-order chi connectivity index (χ0) is 11.4. The van der Waals surface area contributed by atoms with Gasteiger partial charge in [0.1, 0.15) is 0 Å². The van der Waals surface area contributed by atoms with Crippen molar-refractivity contribution in [3.8, 4) is 0 Å². The van der Waals surface area contributed by atoms with Crippen molar-refractivity contribution in [3.63, 3.8) is 0 Å².